The van der Waals surface area contributed by atoms with Gasteiger partial charge in [0.2, 0.25) is 0 Å². The van der Waals surface area contributed by atoms with Crippen LogP contribution in [0.1, 0.15) is 25.8 Å². The number of ketones is 1. The standard InChI is InChI=1S/C15H17ClN2O3/c1-3-15(2)13(20)18(14(21)17-15)9-12(19)8-10-4-6-11(16)7-5-10/h4-7H,3,8-9H2,1-2H3,(H,17,21). The Hall–Kier alpha value is -1.88. The average Bonchev–Trinajstić information content (AvgIpc) is 2.66. The minimum atomic E-state index is -0.905. The number of nitrogens with zero attached hydrogens (tertiary/aromatic N) is 1. The zero-order chi connectivity index (χ0) is 15.6. The third-order valence-corrected chi connectivity index (χ3v) is 3.95. The SMILES string of the molecule is CCC1(C)NC(=O)N(CC(=O)Cc2ccc(Cl)cc2)C1=O. The van der Waals surface area contributed by atoms with Gasteiger partial charge in [0.05, 0.1) is 6.54 Å². The highest BCUT2D eigenvalue weighted by atomic mass is 35.5. The van der Waals surface area contributed by atoms with Gasteiger partial charge >= 0.3 is 6.03 Å². The van der Waals surface area contributed by atoms with Crippen LogP contribution in [-0.2, 0) is 16.0 Å². The number of rotatable bonds is 5. The lowest BCUT2D eigenvalue weighted by Crippen LogP contribution is -2.43. The number of amides is 3. The fourth-order valence-corrected chi connectivity index (χ4v) is 2.32. The number of benzene rings is 1. The molecule has 6 heteroatoms. The highest BCUT2D eigenvalue weighted by Gasteiger charge is 2.46. The number of carbonyl (C=O) groups is 3. The lowest BCUT2D eigenvalue weighted by atomic mass is 9.99. The lowest BCUT2D eigenvalue weighted by molar-refractivity contribution is -0.134. The number of Topliss-reactive ketones (excluding diaryl/α,β-unsaturated/α-hetero) is 1. The summed E-state index contributed by atoms with van der Waals surface area (Å²) in [6, 6.07) is 6.40. The molecule has 1 atom stereocenters. The van der Waals surface area contributed by atoms with Crippen LogP contribution in [0.2, 0.25) is 5.02 Å². The molecule has 1 aromatic carbocycles. The van der Waals surface area contributed by atoms with Crippen molar-refractivity contribution in [1.82, 2.24) is 10.2 Å². The van der Waals surface area contributed by atoms with Gasteiger partial charge in [-0.25, -0.2) is 4.79 Å². The predicted molar refractivity (Wildman–Crippen MR) is 79.1 cm³/mol. The summed E-state index contributed by atoms with van der Waals surface area (Å²) in [5, 5.41) is 3.22. The summed E-state index contributed by atoms with van der Waals surface area (Å²) < 4.78 is 0. The van der Waals surface area contributed by atoms with Gasteiger partial charge in [0.1, 0.15) is 5.54 Å². The topological polar surface area (TPSA) is 66.5 Å². The molecule has 0 aromatic heterocycles. The minimum absolute atomic E-state index is 0.164. The molecule has 1 heterocycles. The second-order valence-electron chi connectivity index (χ2n) is 5.35. The summed E-state index contributed by atoms with van der Waals surface area (Å²) in [6.07, 6.45) is 0.649. The van der Waals surface area contributed by atoms with Crippen molar-refractivity contribution in [3.05, 3.63) is 34.9 Å². The average molecular weight is 309 g/mol. The van der Waals surface area contributed by atoms with Crippen LogP contribution in [0, 0.1) is 0 Å². The first-order chi connectivity index (χ1) is 9.85. The fourth-order valence-electron chi connectivity index (χ4n) is 2.19. The van der Waals surface area contributed by atoms with Crippen LogP contribution < -0.4 is 5.32 Å². The van der Waals surface area contributed by atoms with Crippen molar-refractivity contribution >= 4 is 29.3 Å². The van der Waals surface area contributed by atoms with Crippen LogP contribution in [0.4, 0.5) is 4.79 Å². The second-order valence-corrected chi connectivity index (χ2v) is 5.79. The highest BCUT2D eigenvalue weighted by Crippen LogP contribution is 2.20. The molecular weight excluding hydrogens is 292 g/mol. The molecule has 21 heavy (non-hydrogen) atoms. The third kappa shape index (κ3) is 3.24. The van der Waals surface area contributed by atoms with E-state index >= 15 is 0 Å². The quantitative estimate of drug-likeness (QED) is 0.848. The van der Waals surface area contributed by atoms with E-state index < -0.39 is 11.6 Å². The van der Waals surface area contributed by atoms with Gasteiger partial charge in [-0.2, -0.15) is 0 Å². The molecule has 0 bridgehead atoms. The van der Waals surface area contributed by atoms with E-state index in [1.54, 1.807) is 31.2 Å². The van der Waals surface area contributed by atoms with Crippen LogP contribution in [0.15, 0.2) is 24.3 Å². The molecule has 1 unspecified atom stereocenters. The Morgan fingerprint density at radius 3 is 2.43 bits per heavy atom. The molecule has 1 aliphatic heterocycles. The van der Waals surface area contributed by atoms with Crippen molar-refractivity contribution in [2.24, 2.45) is 0 Å². The maximum Gasteiger partial charge on any atom is 0.325 e. The van der Waals surface area contributed by atoms with Crippen molar-refractivity contribution in [3.8, 4) is 0 Å². The maximum atomic E-state index is 12.2. The van der Waals surface area contributed by atoms with Crippen molar-refractivity contribution in [3.63, 3.8) is 0 Å². The molecular formula is C15H17ClN2O3. The molecule has 0 aliphatic carbocycles. The van der Waals surface area contributed by atoms with Crippen molar-refractivity contribution in [2.45, 2.75) is 32.2 Å². The van der Waals surface area contributed by atoms with E-state index in [1.165, 1.54) is 0 Å². The van der Waals surface area contributed by atoms with E-state index in [9.17, 15) is 14.4 Å². The van der Waals surface area contributed by atoms with E-state index in [0.717, 1.165) is 10.5 Å². The molecule has 0 spiro atoms. The second kappa shape index (κ2) is 5.85. The Kier molecular flexibility index (Phi) is 4.32. The molecule has 1 N–H and O–H groups in total. The fraction of sp³-hybridized carbons (Fsp3) is 0.400. The number of nitrogens with one attached hydrogen (secondary N) is 1. The van der Waals surface area contributed by atoms with Gasteiger partial charge < -0.3 is 5.32 Å². The Morgan fingerprint density at radius 2 is 1.90 bits per heavy atom. The Labute approximate surface area is 128 Å². The molecule has 1 aliphatic rings. The molecule has 3 amide bonds. The van der Waals surface area contributed by atoms with Crippen molar-refractivity contribution < 1.29 is 14.4 Å². The molecule has 2 rings (SSSR count). The number of halogens is 1. The van der Waals surface area contributed by atoms with Gasteiger partial charge in [-0.15, -0.1) is 0 Å². The van der Waals surface area contributed by atoms with Gasteiger partial charge in [-0.05, 0) is 31.0 Å². The lowest BCUT2D eigenvalue weighted by Gasteiger charge is -2.18. The van der Waals surface area contributed by atoms with Crippen LogP contribution in [0.25, 0.3) is 0 Å². The van der Waals surface area contributed by atoms with Crippen LogP contribution >= 0.6 is 11.6 Å². The number of carbonyl (C=O) groups excluding carboxylic acids is 3. The molecule has 1 saturated heterocycles. The summed E-state index contributed by atoms with van der Waals surface area (Å²) in [4.78, 5) is 37.0. The Bertz CT molecular complexity index is 585. The first-order valence-electron chi connectivity index (χ1n) is 6.76. The largest absolute Gasteiger partial charge is 0.325 e. The molecule has 112 valence electrons. The van der Waals surface area contributed by atoms with Crippen LogP contribution in [0.5, 0.6) is 0 Å². The normalized spacial score (nSPS) is 21.6. The Balaban J connectivity index is 2.01. The zero-order valence-electron chi connectivity index (χ0n) is 12.0. The highest BCUT2D eigenvalue weighted by molar-refractivity contribution is 6.30. The summed E-state index contributed by atoms with van der Waals surface area (Å²) >= 11 is 5.78. The summed E-state index contributed by atoms with van der Waals surface area (Å²) in [5.74, 6) is -0.541. The third-order valence-electron chi connectivity index (χ3n) is 3.70. The van der Waals surface area contributed by atoms with E-state index in [2.05, 4.69) is 5.32 Å². The number of hydrogen-bond donors (Lipinski definition) is 1. The van der Waals surface area contributed by atoms with Gasteiger partial charge in [0, 0.05) is 11.4 Å². The van der Waals surface area contributed by atoms with Crippen LogP contribution in [0.3, 0.4) is 0 Å². The van der Waals surface area contributed by atoms with Gasteiger partial charge in [-0.3, -0.25) is 14.5 Å². The molecule has 1 fully saturated rings. The zero-order valence-corrected chi connectivity index (χ0v) is 12.7. The van der Waals surface area contributed by atoms with E-state index in [0.29, 0.717) is 11.4 Å². The van der Waals surface area contributed by atoms with Gasteiger partial charge in [0.15, 0.2) is 5.78 Å². The molecule has 5 nitrogen and oxygen atoms in total. The van der Waals surface area contributed by atoms with Crippen LogP contribution in [-0.4, -0.2) is 34.7 Å². The minimum Gasteiger partial charge on any atom is -0.323 e. The predicted octanol–water partition coefficient (Wildman–Crippen LogP) is 2.17. The van der Waals surface area contributed by atoms with E-state index in [1.807, 2.05) is 6.92 Å². The smallest absolute Gasteiger partial charge is 0.323 e. The molecule has 1 aromatic rings. The molecule has 0 radical (unpaired) electrons. The Morgan fingerprint density at radius 1 is 1.29 bits per heavy atom. The first-order valence-corrected chi connectivity index (χ1v) is 7.14. The number of urea groups is 1. The van der Waals surface area contributed by atoms with Crippen molar-refractivity contribution in [1.29, 1.82) is 0 Å². The molecule has 0 saturated carbocycles. The summed E-state index contributed by atoms with van der Waals surface area (Å²) in [6.45, 7) is 3.27. The monoisotopic (exact) mass is 308 g/mol. The van der Waals surface area contributed by atoms with Crippen molar-refractivity contribution in [2.75, 3.05) is 6.54 Å². The number of imide groups is 1. The van der Waals surface area contributed by atoms with Gasteiger partial charge in [0.25, 0.3) is 5.91 Å². The maximum absolute atomic E-state index is 12.2. The van der Waals surface area contributed by atoms with Gasteiger partial charge in [-0.1, -0.05) is 30.7 Å². The van der Waals surface area contributed by atoms with E-state index in [-0.39, 0.29) is 24.7 Å². The van der Waals surface area contributed by atoms with E-state index in [4.69, 9.17) is 11.6 Å². The number of hydrogen-bond acceptors (Lipinski definition) is 3. The first kappa shape index (κ1) is 15.5. The summed E-state index contributed by atoms with van der Waals surface area (Å²) in [5.41, 5.74) is -0.104. The summed E-state index contributed by atoms with van der Waals surface area (Å²) in [7, 11) is 0.